The van der Waals surface area contributed by atoms with Crippen LogP contribution >= 0.6 is 11.6 Å². The predicted molar refractivity (Wildman–Crippen MR) is 134 cm³/mol. The first kappa shape index (κ1) is 23.5. The maximum Gasteiger partial charge on any atom is 0.245 e. The lowest BCUT2D eigenvalue weighted by Gasteiger charge is -2.16. The van der Waals surface area contributed by atoms with Gasteiger partial charge in [-0.05, 0) is 60.0 Å². The number of amides is 2. The third-order valence-electron chi connectivity index (χ3n) is 5.77. The SMILES string of the molecule is CCc1ccc(N2C[C@H](C(=O)N/N=C/c3ccc(OCc4ccccc4Cl)cc3)CC2=O)cc1. The molecule has 0 radical (unpaired) electrons. The number of ether oxygens (including phenoxy) is 1. The first-order valence-corrected chi connectivity index (χ1v) is 11.6. The maximum atomic E-state index is 12.5. The van der Waals surface area contributed by atoms with Gasteiger partial charge in [-0.3, -0.25) is 9.59 Å². The second kappa shape index (κ2) is 11.0. The average molecular weight is 476 g/mol. The Balaban J connectivity index is 1.27. The zero-order valence-corrected chi connectivity index (χ0v) is 19.7. The summed E-state index contributed by atoms with van der Waals surface area (Å²) in [5, 5.41) is 4.72. The molecule has 0 aliphatic carbocycles. The van der Waals surface area contributed by atoms with Crippen LogP contribution in [0.3, 0.4) is 0 Å². The summed E-state index contributed by atoms with van der Waals surface area (Å²) >= 11 is 6.15. The van der Waals surface area contributed by atoms with Crippen molar-refractivity contribution in [1.29, 1.82) is 0 Å². The van der Waals surface area contributed by atoms with E-state index in [4.69, 9.17) is 16.3 Å². The Morgan fingerprint density at radius 2 is 1.85 bits per heavy atom. The van der Waals surface area contributed by atoms with Crippen molar-refractivity contribution >= 4 is 35.3 Å². The van der Waals surface area contributed by atoms with E-state index in [1.54, 1.807) is 11.1 Å². The third kappa shape index (κ3) is 5.83. The number of nitrogens with zero attached hydrogens (tertiary/aromatic N) is 2. The van der Waals surface area contributed by atoms with Gasteiger partial charge in [-0.1, -0.05) is 48.9 Å². The van der Waals surface area contributed by atoms with E-state index in [-0.39, 0.29) is 18.2 Å². The minimum absolute atomic E-state index is 0.0549. The molecule has 1 aliphatic heterocycles. The topological polar surface area (TPSA) is 71.0 Å². The summed E-state index contributed by atoms with van der Waals surface area (Å²) in [5.74, 6) is -0.0496. The van der Waals surface area contributed by atoms with Crippen molar-refractivity contribution in [3.05, 3.63) is 94.5 Å². The second-order valence-corrected chi connectivity index (χ2v) is 8.52. The Bertz CT molecular complexity index is 1180. The lowest BCUT2D eigenvalue weighted by molar-refractivity contribution is -0.126. The van der Waals surface area contributed by atoms with E-state index >= 15 is 0 Å². The van der Waals surface area contributed by atoms with Gasteiger partial charge in [0.2, 0.25) is 11.8 Å². The maximum absolute atomic E-state index is 12.5. The number of hydrogen-bond donors (Lipinski definition) is 1. The van der Waals surface area contributed by atoms with Crippen LogP contribution in [0.25, 0.3) is 0 Å². The molecule has 1 heterocycles. The number of aryl methyl sites for hydroxylation is 1. The molecule has 1 atom stereocenters. The minimum atomic E-state index is -0.434. The highest BCUT2D eigenvalue weighted by molar-refractivity contribution is 6.31. The quantitative estimate of drug-likeness (QED) is 0.369. The molecule has 1 fully saturated rings. The molecule has 0 bridgehead atoms. The molecule has 0 unspecified atom stereocenters. The summed E-state index contributed by atoms with van der Waals surface area (Å²) in [7, 11) is 0. The van der Waals surface area contributed by atoms with Crippen LogP contribution in [0.1, 0.15) is 30.0 Å². The number of hydrazone groups is 1. The Kier molecular flexibility index (Phi) is 7.60. The average Bonchev–Trinajstić information content (AvgIpc) is 3.26. The van der Waals surface area contributed by atoms with E-state index in [0.717, 1.165) is 23.2 Å². The van der Waals surface area contributed by atoms with Gasteiger partial charge in [-0.25, -0.2) is 5.43 Å². The van der Waals surface area contributed by atoms with E-state index in [1.165, 1.54) is 5.56 Å². The fourth-order valence-corrected chi connectivity index (χ4v) is 3.92. The van der Waals surface area contributed by atoms with Crippen LogP contribution in [0.15, 0.2) is 77.9 Å². The van der Waals surface area contributed by atoms with Crippen LogP contribution in [0.2, 0.25) is 5.02 Å². The van der Waals surface area contributed by atoms with Gasteiger partial charge in [0.05, 0.1) is 12.1 Å². The number of benzene rings is 3. The van der Waals surface area contributed by atoms with Gasteiger partial charge in [0.15, 0.2) is 0 Å². The molecule has 1 aliphatic rings. The van der Waals surface area contributed by atoms with Crippen molar-refractivity contribution in [2.45, 2.75) is 26.4 Å². The van der Waals surface area contributed by atoms with Gasteiger partial charge in [-0.2, -0.15) is 5.10 Å². The fourth-order valence-electron chi connectivity index (χ4n) is 3.73. The van der Waals surface area contributed by atoms with Gasteiger partial charge in [-0.15, -0.1) is 0 Å². The molecule has 1 saturated heterocycles. The van der Waals surface area contributed by atoms with Crippen LogP contribution in [0, 0.1) is 5.92 Å². The monoisotopic (exact) mass is 475 g/mol. The largest absolute Gasteiger partial charge is 0.489 e. The highest BCUT2D eigenvalue weighted by atomic mass is 35.5. The lowest BCUT2D eigenvalue weighted by atomic mass is 10.1. The first-order valence-electron chi connectivity index (χ1n) is 11.2. The Labute approximate surface area is 204 Å². The van der Waals surface area contributed by atoms with Crippen molar-refractivity contribution < 1.29 is 14.3 Å². The number of rotatable bonds is 8. The molecule has 174 valence electrons. The predicted octanol–water partition coefficient (Wildman–Crippen LogP) is 4.98. The molecule has 2 amide bonds. The summed E-state index contributed by atoms with van der Waals surface area (Å²) in [6.45, 7) is 2.81. The van der Waals surface area contributed by atoms with Gasteiger partial charge >= 0.3 is 0 Å². The molecule has 7 heteroatoms. The molecule has 0 aromatic heterocycles. The Morgan fingerprint density at radius 3 is 2.56 bits per heavy atom. The van der Waals surface area contributed by atoms with Gasteiger partial charge in [0.25, 0.3) is 0 Å². The van der Waals surface area contributed by atoms with Gasteiger partial charge in [0.1, 0.15) is 12.4 Å². The van der Waals surface area contributed by atoms with Crippen molar-refractivity contribution in [3.63, 3.8) is 0 Å². The van der Waals surface area contributed by atoms with E-state index < -0.39 is 5.92 Å². The lowest BCUT2D eigenvalue weighted by Crippen LogP contribution is -2.30. The van der Waals surface area contributed by atoms with Crippen LogP contribution in [-0.2, 0) is 22.6 Å². The molecule has 0 saturated carbocycles. The number of carbonyl (C=O) groups excluding carboxylic acids is 2. The number of nitrogens with one attached hydrogen (secondary N) is 1. The van der Waals surface area contributed by atoms with Gasteiger partial charge < -0.3 is 9.64 Å². The van der Waals surface area contributed by atoms with E-state index in [0.29, 0.717) is 23.9 Å². The molecule has 34 heavy (non-hydrogen) atoms. The van der Waals surface area contributed by atoms with Crippen LogP contribution in [0.4, 0.5) is 5.69 Å². The summed E-state index contributed by atoms with van der Waals surface area (Å²) in [6.07, 6.45) is 2.68. The third-order valence-corrected chi connectivity index (χ3v) is 6.14. The van der Waals surface area contributed by atoms with Crippen molar-refractivity contribution in [1.82, 2.24) is 5.43 Å². The summed E-state index contributed by atoms with van der Waals surface area (Å²) in [6, 6.07) is 22.8. The normalized spacial score (nSPS) is 15.6. The Morgan fingerprint density at radius 1 is 1.12 bits per heavy atom. The molecule has 1 N–H and O–H groups in total. The van der Waals surface area contributed by atoms with Crippen molar-refractivity contribution in [3.8, 4) is 5.75 Å². The molecule has 3 aromatic rings. The molecule has 0 spiro atoms. The fraction of sp³-hybridized carbons (Fsp3) is 0.222. The van der Waals surface area contributed by atoms with Crippen molar-refractivity contribution in [2.24, 2.45) is 11.0 Å². The summed E-state index contributed by atoms with van der Waals surface area (Å²) in [5.41, 5.74) is 6.31. The van der Waals surface area contributed by atoms with Crippen molar-refractivity contribution in [2.75, 3.05) is 11.4 Å². The van der Waals surface area contributed by atoms with E-state index in [1.807, 2.05) is 72.8 Å². The first-order chi connectivity index (χ1) is 16.5. The van der Waals surface area contributed by atoms with Crippen LogP contribution < -0.4 is 15.1 Å². The highest BCUT2D eigenvalue weighted by Crippen LogP contribution is 2.25. The molecular weight excluding hydrogens is 450 g/mol. The van der Waals surface area contributed by atoms with Gasteiger partial charge in [0, 0.05) is 29.2 Å². The molecule has 4 rings (SSSR count). The Hall–Kier alpha value is -3.64. The molecule has 3 aromatic carbocycles. The molecular formula is C27H26ClN3O3. The van der Waals surface area contributed by atoms with Crippen LogP contribution in [-0.4, -0.2) is 24.6 Å². The smallest absolute Gasteiger partial charge is 0.245 e. The standard InChI is InChI=1S/C27H26ClN3O3/c1-2-19-7-11-23(12-8-19)31-17-22(15-26(31)32)27(33)30-29-16-20-9-13-24(14-10-20)34-18-21-5-3-4-6-25(21)28/h3-14,16,22H,2,15,17-18H2,1H3,(H,30,33)/b29-16+/t22-/m1/s1. The van der Waals surface area contributed by atoms with E-state index in [9.17, 15) is 9.59 Å². The second-order valence-electron chi connectivity index (χ2n) is 8.11. The summed E-state index contributed by atoms with van der Waals surface area (Å²) < 4.78 is 5.77. The number of halogens is 1. The number of anilines is 1. The van der Waals surface area contributed by atoms with Crippen LogP contribution in [0.5, 0.6) is 5.75 Å². The minimum Gasteiger partial charge on any atom is -0.489 e. The zero-order chi connectivity index (χ0) is 23.9. The highest BCUT2D eigenvalue weighted by Gasteiger charge is 2.35. The zero-order valence-electron chi connectivity index (χ0n) is 18.9. The summed E-state index contributed by atoms with van der Waals surface area (Å²) in [4.78, 5) is 26.6. The number of carbonyl (C=O) groups is 2. The number of hydrogen-bond acceptors (Lipinski definition) is 4. The van der Waals surface area contributed by atoms with E-state index in [2.05, 4.69) is 17.5 Å². The molecule has 6 nitrogen and oxygen atoms in total.